The zero-order valence-corrected chi connectivity index (χ0v) is 10.2. The van der Waals surface area contributed by atoms with E-state index < -0.39 is 19.2 Å². The van der Waals surface area contributed by atoms with Crippen LogP contribution in [-0.2, 0) is 0 Å². The van der Waals surface area contributed by atoms with Gasteiger partial charge in [-0.05, 0) is 6.07 Å². The summed E-state index contributed by atoms with van der Waals surface area (Å²) in [5.41, 5.74) is 0.588. The van der Waals surface area contributed by atoms with Gasteiger partial charge in [0.05, 0.1) is 19.2 Å². The lowest BCUT2D eigenvalue weighted by molar-refractivity contribution is -0.139. The van der Waals surface area contributed by atoms with Crippen molar-refractivity contribution in [2.75, 3.05) is 12.5 Å². The molecule has 0 amide bonds. The third-order valence-electron chi connectivity index (χ3n) is 1.82. The lowest BCUT2D eigenvalue weighted by Gasteiger charge is -2.08. The summed E-state index contributed by atoms with van der Waals surface area (Å²) in [4.78, 5) is 3.84. The Hall–Kier alpha value is -1.41. The van der Waals surface area contributed by atoms with Crippen molar-refractivity contribution in [2.45, 2.75) is 19.0 Å². The molecule has 0 fully saturated rings. The topological polar surface area (TPSA) is 22.1 Å². The summed E-state index contributed by atoms with van der Waals surface area (Å²) < 4.78 is 40.7. The molecule has 0 aliphatic rings. The van der Waals surface area contributed by atoms with Crippen LogP contribution < -0.4 is 4.74 Å². The second kappa shape index (κ2) is 7.12. The van der Waals surface area contributed by atoms with Gasteiger partial charge in [0.2, 0.25) is 0 Å². The van der Waals surface area contributed by atoms with Crippen LogP contribution in [0.5, 0.6) is 5.75 Å². The Labute approximate surface area is 108 Å². The number of hydrogen-bond donors (Lipinski definition) is 0. The first-order valence-corrected chi connectivity index (χ1v) is 5.74. The van der Waals surface area contributed by atoms with Gasteiger partial charge >= 0.3 is 6.18 Å². The zero-order chi connectivity index (χ0) is 13.4. The summed E-state index contributed by atoms with van der Waals surface area (Å²) in [5.74, 6) is 6.30. The fraction of sp³-hybridized carbons (Fsp3) is 0.417. The van der Waals surface area contributed by atoms with Crippen LogP contribution in [0.25, 0.3) is 0 Å². The standard InChI is InChI=1S/C12H11ClF3NO/c13-5-2-1-3-10-7-11(9-17-8-10)18-6-4-12(14,15)16/h7-9H,2,4-6H2. The second-order valence-electron chi connectivity index (χ2n) is 3.36. The predicted octanol–water partition coefficient (Wildman–Crippen LogP) is 3.39. The molecule has 0 aliphatic heterocycles. The fourth-order valence-electron chi connectivity index (χ4n) is 1.06. The highest BCUT2D eigenvalue weighted by Gasteiger charge is 2.26. The molecule has 1 heterocycles. The Morgan fingerprint density at radius 1 is 1.33 bits per heavy atom. The van der Waals surface area contributed by atoms with Gasteiger partial charge in [-0.3, -0.25) is 4.98 Å². The summed E-state index contributed by atoms with van der Waals surface area (Å²) >= 11 is 5.46. The van der Waals surface area contributed by atoms with Crippen molar-refractivity contribution in [3.8, 4) is 17.6 Å². The van der Waals surface area contributed by atoms with Crippen LogP contribution in [0.1, 0.15) is 18.4 Å². The molecule has 0 saturated carbocycles. The number of hydrogen-bond acceptors (Lipinski definition) is 2. The largest absolute Gasteiger partial charge is 0.492 e. The molecule has 2 nitrogen and oxygen atoms in total. The molecule has 1 rings (SSSR count). The Balaban J connectivity index is 2.53. The predicted molar refractivity (Wildman–Crippen MR) is 62.6 cm³/mol. The first-order chi connectivity index (χ1) is 8.51. The fourth-order valence-corrected chi connectivity index (χ4v) is 1.16. The lowest BCUT2D eigenvalue weighted by Crippen LogP contribution is -2.13. The Morgan fingerprint density at radius 2 is 2.11 bits per heavy atom. The van der Waals surface area contributed by atoms with Crippen LogP contribution >= 0.6 is 11.6 Å². The molecule has 0 spiro atoms. The van der Waals surface area contributed by atoms with Crippen LogP contribution in [0, 0.1) is 11.8 Å². The van der Waals surface area contributed by atoms with Crippen molar-refractivity contribution >= 4 is 11.6 Å². The molecule has 1 aromatic heterocycles. The molecule has 0 unspecified atom stereocenters. The molecular weight excluding hydrogens is 267 g/mol. The average molecular weight is 278 g/mol. The average Bonchev–Trinajstić information content (AvgIpc) is 2.28. The minimum absolute atomic E-state index is 0.275. The molecule has 0 N–H and O–H groups in total. The summed E-state index contributed by atoms with van der Waals surface area (Å²) in [6.45, 7) is -0.427. The van der Waals surface area contributed by atoms with Crippen molar-refractivity contribution in [1.29, 1.82) is 0 Å². The van der Waals surface area contributed by atoms with Crippen LogP contribution in [0.2, 0.25) is 0 Å². The van der Waals surface area contributed by atoms with E-state index in [-0.39, 0.29) is 5.75 Å². The number of nitrogens with zero attached hydrogens (tertiary/aromatic N) is 1. The van der Waals surface area contributed by atoms with Crippen molar-refractivity contribution < 1.29 is 17.9 Å². The van der Waals surface area contributed by atoms with E-state index in [1.54, 1.807) is 6.07 Å². The minimum Gasteiger partial charge on any atom is -0.492 e. The molecule has 6 heteroatoms. The second-order valence-corrected chi connectivity index (χ2v) is 3.74. The van der Waals surface area contributed by atoms with Gasteiger partial charge < -0.3 is 4.74 Å². The van der Waals surface area contributed by atoms with Crippen LogP contribution in [0.3, 0.4) is 0 Å². The zero-order valence-electron chi connectivity index (χ0n) is 9.43. The van der Waals surface area contributed by atoms with Gasteiger partial charge in [-0.1, -0.05) is 11.8 Å². The Bertz CT molecular complexity index is 437. The van der Waals surface area contributed by atoms with Crippen LogP contribution in [0.15, 0.2) is 18.5 Å². The van der Waals surface area contributed by atoms with E-state index in [4.69, 9.17) is 16.3 Å². The number of ether oxygens (including phenoxy) is 1. The van der Waals surface area contributed by atoms with E-state index in [1.165, 1.54) is 12.4 Å². The molecule has 0 radical (unpaired) electrons. The number of rotatable bonds is 4. The van der Waals surface area contributed by atoms with Crippen molar-refractivity contribution in [3.05, 3.63) is 24.0 Å². The maximum Gasteiger partial charge on any atom is 0.392 e. The summed E-state index contributed by atoms with van der Waals surface area (Å²) in [6, 6.07) is 1.55. The smallest absolute Gasteiger partial charge is 0.392 e. The van der Waals surface area contributed by atoms with Crippen molar-refractivity contribution in [2.24, 2.45) is 0 Å². The van der Waals surface area contributed by atoms with Crippen LogP contribution in [0.4, 0.5) is 13.2 Å². The number of aromatic nitrogens is 1. The van der Waals surface area contributed by atoms with E-state index >= 15 is 0 Å². The van der Waals surface area contributed by atoms with Gasteiger partial charge in [-0.25, -0.2) is 0 Å². The molecule has 0 aliphatic carbocycles. The van der Waals surface area contributed by atoms with Gasteiger partial charge in [0.25, 0.3) is 0 Å². The SMILES string of the molecule is FC(F)(F)CCOc1cncc(C#CCCCl)c1. The summed E-state index contributed by atoms with van der Waals surface area (Å²) in [6.07, 6.45) is -1.80. The van der Waals surface area contributed by atoms with E-state index in [2.05, 4.69) is 16.8 Å². The quantitative estimate of drug-likeness (QED) is 0.622. The minimum atomic E-state index is -4.22. The van der Waals surface area contributed by atoms with Gasteiger partial charge in [-0.15, -0.1) is 11.6 Å². The molecule has 98 valence electrons. The highest BCUT2D eigenvalue weighted by atomic mass is 35.5. The first kappa shape index (κ1) is 14.7. The first-order valence-electron chi connectivity index (χ1n) is 5.21. The van der Waals surface area contributed by atoms with E-state index in [0.717, 1.165) is 0 Å². The van der Waals surface area contributed by atoms with Gasteiger partial charge in [0.1, 0.15) is 5.75 Å². The highest BCUT2D eigenvalue weighted by Crippen LogP contribution is 2.20. The Morgan fingerprint density at radius 3 is 2.78 bits per heavy atom. The summed E-state index contributed by atoms with van der Waals surface area (Å²) in [7, 11) is 0. The number of halogens is 4. The normalized spacial score (nSPS) is 10.7. The Kier molecular flexibility index (Phi) is 5.79. The number of alkyl halides is 4. The maximum atomic E-state index is 11.9. The molecule has 18 heavy (non-hydrogen) atoms. The lowest BCUT2D eigenvalue weighted by atomic mass is 10.2. The number of pyridine rings is 1. The van der Waals surface area contributed by atoms with E-state index in [1.807, 2.05) is 0 Å². The van der Waals surface area contributed by atoms with E-state index in [0.29, 0.717) is 17.9 Å². The van der Waals surface area contributed by atoms with Crippen molar-refractivity contribution in [1.82, 2.24) is 4.98 Å². The third-order valence-corrected chi connectivity index (χ3v) is 2.01. The molecule has 0 aromatic carbocycles. The van der Waals surface area contributed by atoms with Crippen LogP contribution in [-0.4, -0.2) is 23.6 Å². The molecule has 0 saturated heterocycles. The van der Waals surface area contributed by atoms with Gasteiger partial charge in [0.15, 0.2) is 0 Å². The van der Waals surface area contributed by atoms with Crippen molar-refractivity contribution in [3.63, 3.8) is 0 Å². The highest BCUT2D eigenvalue weighted by molar-refractivity contribution is 6.18. The van der Waals surface area contributed by atoms with E-state index in [9.17, 15) is 13.2 Å². The summed E-state index contributed by atoms with van der Waals surface area (Å²) in [5, 5.41) is 0. The molecule has 1 aromatic rings. The molecule has 0 bridgehead atoms. The molecular formula is C12H11ClF3NO. The van der Waals surface area contributed by atoms with Gasteiger partial charge in [-0.2, -0.15) is 13.2 Å². The molecule has 0 atom stereocenters. The maximum absolute atomic E-state index is 11.9. The third kappa shape index (κ3) is 6.36. The van der Waals surface area contributed by atoms with Gasteiger partial charge in [0, 0.05) is 24.1 Å². The monoisotopic (exact) mass is 277 g/mol.